The number of aryl methyl sites for hydroxylation is 1. The van der Waals surface area contributed by atoms with Crippen LogP contribution in [-0.2, 0) is 17.6 Å². The smallest absolute Gasteiger partial charge is 0.226 e. The quantitative estimate of drug-likeness (QED) is 0.384. The van der Waals surface area contributed by atoms with Crippen molar-refractivity contribution in [2.45, 2.75) is 39.0 Å². The molecule has 1 aliphatic rings. The third kappa shape index (κ3) is 3.82. The number of nitrogens with one attached hydrogen (secondary N) is 1. The molecule has 3 aromatic heterocycles. The summed E-state index contributed by atoms with van der Waals surface area (Å²) in [6.07, 6.45) is 7.56. The van der Waals surface area contributed by atoms with Crippen LogP contribution in [0, 0.1) is 0 Å². The molecule has 0 fully saturated rings. The molecule has 8 heteroatoms. The summed E-state index contributed by atoms with van der Waals surface area (Å²) in [4.78, 5) is 22.3. The van der Waals surface area contributed by atoms with Crippen LogP contribution in [-0.4, -0.2) is 25.7 Å². The summed E-state index contributed by atoms with van der Waals surface area (Å²) in [5.74, 6) is 0.00818. The van der Waals surface area contributed by atoms with Crippen molar-refractivity contribution in [1.29, 1.82) is 0 Å². The second kappa shape index (κ2) is 8.84. The molecule has 32 heavy (non-hydrogen) atoms. The normalized spacial score (nSPS) is 12.3. The van der Waals surface area contributed by atoms with Crippen LogP contribution >= 0.6 is 22.9 Å². The van der Waals surface area contributed by atoms with E-state index in [0.717, 1.165) is 64.5 Å². The van der Waals surface area contributed by atoms with Crippen LogP contribution in [0.4, 0.5) is 5.13 Å². The van der Waals surface area contributed by atoms with Crippen LogP contribution in [0.5, 0.6) is 0 Å². The Morgan fingerprint density at radius 2 is 2.09 bits per heavy atom. The monoisotopic (exact) mass is 463 g/mol. The summed E-state index contributed by atoms with van der Waals surface area (Å²) in [5, 5.41) is 9.23. The highest BCUT2D eigenvalue weighted by molar-refractivity contribution is 7.19. The molecule has 4 aromatic rings. The summed E-state index contributed by atoms with van der Waals surface area (Å²) in [5.41, 5.74) is 5.81. The summed E-state index contributed by atoms with van der Waals surface area (Å²) in [6.45, 7) is 2.08. The molecule has 0 aliphatic heterocycles. The van der Waals surface area contributed by atoms with Crippen molar-refractivity contribution < 1.29 is 4.79 Å². The minimum Gasteiger partial charge on any atom is -0.302 e. The lowest BCUT2D eigenvalue weighted by molar-refractivity contribution is -0.116. The standard InChI is InChI=1S/C24H22ClN5OS/c1-2-3-10-20(31)28-24-27-18-12-11-16-21(15-7-6-13-26-14-15)29-30(22(16)23(18)32-24)19-9-5-4-8-17(19)25/h4-9,13-14H,2-3,10-12H2,1H3,(H,27,28,31). The van der Waals surface area contributed by atoms with Crippen molar-refractivity contribution >= 4 is 34.0 Å². The van der Waals surface area contributed by atoms with E-state index < -0.39 is 0 Å². The number of carbonyl (C=O) groups excluding carboxylic acids is 1. The maximum absolute atomic E-state index is 12.3. The third-order valence-corrected chi connectivity index (χ3v) is 6.87. The van der Waals surface area contributed by atoms with E-state index in [9.17, 15) is 4.79 Å². The Kier molecular flexibility index (Phi) is 5.76. The molecule has 0 saturated heterocycles. The number of para-hydroxylation sites is 1. The van der Waals surface area contributed by atoms with Crippen molar-refractivity contribution in [1.82, 2.24) is 19.7 Å². The molecule has 0 atom stereocenters. The van der Waals surface area contributed by atoms with Gasteiger partial charge in [0.05, 0.1) is 32.7 Å². The van der Waals surface area contributed by atoms with Crippen molar-refractivity contribution in [2.75, 3.05) is 5.32 Å². The Hall–Kier alpha value is -3.03. The van der Waals surface area contributed by atoms with Gasteiger partial charge in [-0.05, 0) is 43.5 Å². The Labute approximate surface area is 195 Å². The summed E-state index contributed by atoms with van der Waals surface area (Å²) in [7, 11) is 0. The summed E-state index contributed by atoms with van der Waals surface area (Å²) < 4.78 is 1.92. The van der Waals surface area contributed by atoms with Gasteiger partial charge in [0.15, 0.2) is 5.13 Å². The van der Waals surface area contributed by atoms with Crippen LogP contribution in [0.15, 0.2) is 48.8 Å². The summed E-state index contributed by atoms with van der Waals surface area (Å²) >= 11 is 8.06. The number of hydrogen-bond donors (Lipinski definition) is 1. The number of thiazole rings is 1. The lowest BCUT2D eigenvalue weighted by Gasteiger charge is -2.14. The molecule has 1 aromatic carbocycles. The Morgan fingerprint density at radius 1 is 1.22 bits per heavy atom. The van der Waals surface area contributed by atoms with Gasteiger partial charge in [-0.3, -0.25) is 9.78 Å². The fourth-order valence-corrected chi connectivity index (χ4v) is 5.28. The molecular weight excluding hydrogens is 442 g/mol. The maximum Gasteiger partial charge on any atom is 0.226 e. The molecule has 0 radical (unpaired) electrons. The number of nitrogens with zero attached hydrogens (tertiary/aromatic N) is 4. The Bertz CT molecular complexity index is 1280. The average Bonchev–Trinajstić information content (AvgIpc) is 3.39. The average molecular weight is 464 g/mol. The highest BCUT2D eigenvalue weighted by Crippen LogP contribution is 2.44. The number of anilines is 1. The third-order valence-electron chi connectivity index (χ3n) is 5.53. The topological polar surface area (TPSA) is 72.7 Å². The first kappa shape index (κ1) is 20.8. The Morgan fingerprint density at radius 3 is 2.88 bits per heavy atom. The van der Waals surface area contributed by atoms with Crippen LogP contribution in [0.25, 0.3) is 27.5 Å². The molecule has 1 amide bonds. The van der Waals surface area contributed by atoms with Crippen LogP contribution in [0.1, 0.15) is 37.4 Å². The van der Waals surface area contributed by atoms with Gasteiger partial charge < -0.3 is 5.32 Å². The van der Waals surface area contributed by atoms with Gasteiger partial charge in [0.1, 0.15) is 0 Å². The molecule has 1 N–H and O–H groups in total. The molecule has 5 rings (SSSR count). The first-order valence-corrected chi connectivity index (χ1v) is 11.9. The Balaban J connectivity index is 1.64. The first-order chi connectivity index (χ1) is 15.7. The van der Waals surface area contributed by atoms with E-state index in [-0.39, 0.29) is 5.91 Å². The van der Waals surface area contributed by atoms with Gasteiger partial charge in [0.25, 0.3) is 0 Å². The van der Waals surface area contributed by atoms with Crippen LogP contribution < -0.4 is 5.32 Å². The molecule has 3 heterocycles. The predicted octanol–water partition coefficient (Wildman–Crippen LogP) is 5.94. The van der Waals surface area contributed by atoms with E-state index in [2.05, 4.69) is 17.2 Å². The minimum atomic E-state index is 0.00818. The number of fused-ring (bicyclic) bond motifs is 3. The molecule has 0 spiro atoms. The highest BCUT2D eigenvalue weighted by atomic mass is 35.5. The zero-order valence-corrected chi connectivity index (χ0v) is 19.2. The number of pyridine rings is 1. The maximum atomic E-state index is 12.3. The molecule has 6 nitrogen and oxygen atoms in total. The van der Waals surface area contributed by atoms with E-state index in [1.54, 1.807) is 6.20 Å². The molecule has 0 unspecified atom stereocenters. The van der Waals surface area contributed by atoms with Gasteiger partial charge in [-0.25, -0.2) is 9.67 Å². The second-order valence-corrected chi connectivity index (χ2v) is 9.13. The number of aromatic nitrogens is 4. The fraction of sp³-hybridized carbons (Fsp3) is 0.250. The summed E-state index contributed by atoms with van der Waals surface area (Å²) in [6, 6.07) is 11.6. The molecular formula is C24H22ClN5OS. The molecule has 162 valence electrons. The van der Waals surface area contributed by atoms with Gasteiger partial charge in [-0.1, -0.05) is 48.4 Å². The largest absolute Gasteiger partial charge is 0.302 e. The van der Waals surface area contributed by atoms with Gasteiger partial charge in [0.2, 0.25) is 5.91 Å². The van der Waals surface area contributed by atoms with Crippen molar-refractivity contribution in [3.05, 3.63) is 65.1 Å². The SMILES string of the molecule is CCCCC(=O)Nc1nc2c(s1)-c1c(c(-c3cccnc3)nn1-c1ccccc1Cl)CC2. The van der Waals surface area contributed by atoms with Gasteiger partial charge in [-0.15, -0.1) is 0 Å². The number of benzene rings is 1. The number of amides is 1. The van der Waals surface area contributed by atoms with Crippen molar-refractivity contribution in [3.8, 4) is 27.5 Å². The number of hydrogen-bond acceptors (Lipinski definition) is 5. The first-order valence-electron chi connectivity index (χ1n) is 10.7. The van der Waals surface area contributed by atoms with E-state index in [0.29, 0.717) is 16.6 Å². The molecule has 0 bridgehead atoms. The minimum absolute atomic E-state index is 0.00818. The number of carbonyl (C=O) groups is 1. The van der Waals surface area contributed by atoms with Gasteiger partial charge in [0, 0.05) is 29.9 Å². The predicted molar refractivity (Wildman–Crippen MR) is 128 cm³/mol. The fourth-order valence-electron chi connectivity index (χ4n) is 3.98. The number of rotatable bonds is 6. The molecule has 1 aliphatic carbocycles. The van der Waals surface area contributed by atoms with Gasteiger partial charge in [-0.2, -0.15) is 5.10 Å². The lowest BCUT2D eigenvalue weighted by Crippen LogP contribution is -2.10. The van der Waals surface area contributed by atoms with Crippen LogP contribution in [0.3, 0.4) is 0 Å². The number of halogens is 1. The van der Waals surface area contributed by atoms with E-state index >= 15 is 0 Å². The van der Waals surface area contributed by atoms with Gasteiger partial charge >= 0.3 is 0 Å². The van der Waals surface area contributed by atoms with Crippen LogP contribution in [0.2, 0.25) is 5.02 Å². The highest BCUT2D eigenvalue weighted by Gasteiger charge is 2.30. The van der Waals surface area contributed by atoms with E-state index in [1.807, 2.05) is 47.3 Å². The number of unbranched alkanes of at least 4 members (excludes halogenated alkanes) is 1. The lowest BCUT2D eigenvalue weighted by atomic mass is 9.95. The second-order valence-electron chi connectivity index (χ2n) is 7.73. The van der Waals surface area contributed by atoms with Crippen molar-refractivity contribution in [2.24, 2.45) is 0 Å². The zero-order chi connectivity index (χ0) is 22.1. The van der Waals surface area contributed by atoms with E-state index in [1.165, 1.54) is 11.3 Å². The zero-order valence-electron chi connectivity index (χ0n) is 17.6. The van der Waals surface area contributed by atoms with E-state index in [4.69, 9.17) is 21.7 Å². The van der Waals surface area contributed by atoms with Crippen molar-refractivity contribution in [3.63, 3.8) is 0 Å². The molecule has 0 saturated carbocycles.